The van der Waals surface area contributed by atoms with Crippen molar-refractivity contribution in [2.24, 2.45) is 17.8 Å². The van der Waals surface area contributed by atoms with Gasteiger partial charge in [-0.05, 0) is 92.0 Å². The van der Waals surface area contributed by atoms with Gasteiger partial charge >= 0.3 is 0 Å². The molecule has 1 nitrogen and oxygen atoms in total. The minimum Gasteiger partial charge on any atom is -0.497 e. The Morgan fingerprint density at radius 3 is 2.23 bits per heavy atom. The van der Waals surface area contributed by atoms with Gasteiger partial charge in [-0.15, -0.1) is 6.58 Å². The zero-order valence-corrected chi connectivity index (χ0v) is 17.5. The summed E-state index contributed by atoms with van der Waals surface area (Å²) >= 11 is 0. The fraction of sp³-hybridized carbons (Fsp3) is 0.407. The van der Waals surface area contributed by atoms with Crippen LogP contribution in [0.3, 0.4) is 0 Å². The highest BCUT2D eigenvalue weighted by Gasteiger charge is 2.35. The van der Waals surface area contributed by atoms with E-state index in [1.807, 2.05) is 6.07 Å². The highest BCUT2D eigenvalue weighted by molar-refractivity contribution is 5.46. The Hall–Kier alpha value is -2.60. The third kappa shape index (κ3) is 4.43. The van der Waals surface area contributed by atoms with Crippen molar-refractivity contribution in [1.29, 1.82) is 0 Å². The van der Waals surface area contributed by atoms with Crippen molar-refractivity contribution >= 4 is 0 Å². The van der Waals surface area contributed by atoms with Gasteiger partial charge in [0, 0.05) is 6.07 Å². The number of rotatable bonds is 3. The molecule has 4 atom stereocenters. The smallest absolute Gasteiger partial charge is 0.142 e. The second kappa shape index (κ2) is 9.04. The Labute approximate surface area is 178 Å². The zero-order valence-electron chi connectivity index (χ0n) is 17.5. The molecule has 2 aliphatic rings. The largest absolute Gasteiger partial charge is 0.497 e. The number of allylic oxidation sites excluding steroid dienone is 1. The Bertz CT molecular complexity index is 984. The molecule has 2 aromatic carbocycles. The summed E-state index contributed by atoms with van der Waals surface area (Å²) in [5.74, 6) is 7.79. The summed E-state index contributed by atoms with van der Waals surface area (Å²) in [6.45, 7) is 3.97. The number of benzene rings is 2. The molecule has 0 spiro atoms. The first-order valence-corrected chi connectivity index (χ1v) is 10.8. The monoisotopic (exact) mass is 406 g/mol. The van der Waals surface area contributed by atoms with Gasteiger partial charge in [0.2, 0.25) is 0 Å². The van der Waals surface area contributed by atoms with E-state index < -0.39 is 5.82 Å². The van der Waals surface area contributed by atoms with Crippen LogP contribution in [-0.4, -0.2) is 7.11 Å². The minimum absolute atomic E-state index is 0.229. The number of halogens is 2. The van der Waals surface area contributed by atoms with Crippen molar-refractivity contribution in [2.45, 2.75) is 44.4 Å². The molecule has 0 amide bonds. The van der Waals surface area contributed by atoms with Gasteiger partial charge in [-0.3, -0.25) is 0 Å². The Morgan fingerprint density at radius 2 is 1.57 bits per heavy atom. The summed E-state index contributed by atoms with van der Waals surface area (Å²) in [5, 5.41) is 0. The molecule has 156 valence electrons. The number of ether oxygens (including phenoxy) is 1. The van der Waals surface area contributed by atoms with Gasteiger partial charge in [-0.25, -0.2) is 8.78 Å². The lowest BCUT2D eigenvalue weighted by molar-refractivity contribution is 0.133. The van der Waals surface area contributed by atoms with Crippen LogP contribution >= 0.6 is 0 Å². The lowest BCUT2D eigenvalue weighted by Crippen LogP contribution is -2.30. The molecule has 2 aromatic rings. The molecule has 0 bridgehead atoms. The van der Waals surface area contributed by atoms with Crippen LogP contribution in [0.15, 0.2) is 49.1 Å². The minimum atomic E-state index is -0.471. The Balaban J connectivity index is 1.46. The Morgan fingerprint density at radius 1 is 0.900 bits per heavy atom. The number of methoxy groups -OCH3 is 1. The van der Waals surface area contributed by atoms with Gasteiger partial charge in [0.05, 0.1) is 18.2 Å². The Kier molecular flexibility index (Phi) is 6.23. The molecule has 4 rings (SSSR count). The van der Waals surface area contributed by atoms with E-state index >= 15 is 0 Å². The maximum absolute atomic E-state index is 14.7. The fourth-order valence-electron chi connectivity index (χ4n) is 5.19. The molecule has 2 fully saturated rings. The van der Waals surface area contributed by atoms with E-state index in [-0.39, 0.29) is 11.4 Å². The lowest BCUT2D eigenvalue weighted by atomic mass is 9.64. The summed E-state index contributed by atoms with van der Waals surface area (Å²) in [6.07, 6.45) is 9.38. The molecule has 0 aromatic heterocycles. The van der Waals surface area contributed by atoms with Crippen LogP contribution in [0.5, 0.6) is 5.75 Å². The molecule has 0 N–H and O–H groups in total. The maximum Gasteiger partial charge on any atom is 0.142 e. The molecule has 2 saturated carbocycles. The highest BCUT2D eigenvalue weighted by Crippen LogP contribution is 2.47. The number of fused-ring (bicyclic) bond motifs is 1. The van der Waals surface area contributed by atoms with Crippen molar-refractivity contribution in [2.75, 3.05) is 7.11 Å². The second-order valence-corrected chi connectivity index (χ2v) is 8.67. The third-order valence-electron chi connectivity index (χ3n) is 6.96. The van der Waals surface area contributed by atoms with Crippen LogP contribution in [0, 0.1) is 41.2 Å². The van der Waals surface area contributed by atoms with Gasteiger partial charge in [-0.2, -0.15) is 0 Å². The quantitative estimate of drug-likeness (QED) is 0.400. The molecule has 4 unspecified atom stereocenters. The van der Waals surface area contributed by atoms with E-state index in [4.69, 9.17) is 4.74 Å². The van der Waals surface area contributed by atoms with Gasteiger partial charge in [0.25, 0.3) is 0 Å². The van der Waals surface area contributed by atoms with Gasteiger partial charge in [-0.1, -0.05) is 24.0 Å². The molecule has 30 heavy (non-hydrogen) atoms. The first-order valence-electron chi connectivity index (χ1n) is 10.8. The molecule has 0 saturated heterocycles. The van der Waals surface area contributed by atoms with Crippen molar-refractivity contribution in [3.05, 3.63) is 77.4 Å². The summed E-state index contributed by atoms with van der Waals surface area (Å²) in [4.78, 5) is 0. The van der Waals surface area contributed by atoms with Crippen LogP contribution < -0.4 is 4.74 Å². The van der Waals surface area contributed by atoms with Crippen molar-refractivity contribution in [3.8, 4) is 17.6 Å². The van der Waals surface area contributed by atoms with Crippen LogP contribution in [0.2, 0.25) is 0 Å². The summed E-state index contributed by atoms with van der Waals surface area (Å²) in [7, 11) is 1.48. The van der Waals surface area contributed by atoms with E-state index in [1.165, 1.54) is 38.9 Å². The number of hydrogen-bond donors (Lipinski definition) is 0. The van der Waals surface area contributed by atoms with E-state index in [0.29, 0.717) is 23.1 Å². The van der Waals surface area contributed by atoms with Gasteiger partial charge < -0.3 is 4.74 Å². The van der Waals surface area contributed by atoms with Crippen LogP contribution in [-0.2, 0) is 0 Å². The predicted molar refractivity (Wildman–Crippen MR) is 116 cm³/mol. The average molecular weight is 407 g/mol. The van der Waals surface area contributed by atoms with Crippen LogP contribution in [0.1, 0.15) is 61.1 Å². The van der Waals surface area contributed by atoms with E-state index in [1.54, 1.807) is 24.3 Å². The topological polar surface area (TPSA) is 9.23 Å². The zero-order chi connectivity index (χ0) is 21.1. The molecular formula is C27H28F2O. The molecule has 0 radical (unpaired) electrons. The van der Waals surface area contributed by atoms with Crippen molar-refractivity contribution in [1.82, 2.24) is 0 Å². The summed E-state index contributed by atoms with van der Waals surface area (Å²) in [6, 6.07) is 9.84. The van der Waals surface area contributed by atoms with E-state index in [9.17, 15) is 8.78 Å². The lowest BCUT2D eigenvalue weighted by Gasteiger charge is -2.41. The van der Waals surface area contributed by atoms with Crippen LogP contribution in [0.25, 0.3) is 0 Å². The molecule has 2 aliphatic carbocycles. The van der Waals surface area contributed by atoms with Crippen molar-refractivity contribution in [3.63, 3.8) is 0 Å². The molecular weight excluding hydrogens is 378 g/mol. The predicted octanol–water partition coefficient (Wildman–Crippen LogP) is 6.86. The van der Waals surface area contributed by atoms with Crippen LogP contribution in [0.4, 0.5) is 8.78 Å². The van der Waals surface area contributed by atoms with E-state index in [2.05, 4.69) is 24.5 Å². The van der Waals surface area contributed by atoms with E-state index in [0.717, 1.165) is 30.2 Å². The maximum atomic E-state index is 14.7. The summed E-state index contributed by atoms with van der Waals surface area (Å²) < 4.78 is 33.8. The fourth-order valence-corrected chi connectivity index (χ4v) is 5.19. The normalized spacial score (nSPS) is 25.6. The van der Waals surface area contributed by atoms with Crippen molar-refractivity contribution < 1.29 is 13.5 Å². The first kappa shape index (κ1) is 20.7. The highest BCUT2D eigenvalue weighted by atomic mass is 19.1. The summed E-state index contributed by atoms with van der Waals surface area (Å²) in [5.41, 5.74) is 1.60. The number of hydrogen-bond acceptors (Lipinski definition) is 1. The van der Waals surface area contributed by atoms with Gasteiger partial charge in [0.15, 0.2) is 0 Å². The average Bonchev–Trinajstić information content (AvgIpc) is 2.78. The molecule has 0 aliphatic heterocycles. The van der Waals surface area contributed by atoms with Gasteiger partial charge in [0.1, 0.15) is 17.4 Å². The first-order chi connectivity index (χ1) is 14.6. The standard InChI is InChI=1S/C27H28F2O/c1-3-18-4-5-22-15-23(11-10-21(22)14-18)24-9-8-19(26(28)16-24)6-7-20-12-13-25(30-2)17-27(20)29/h3,8-9,12-13,16-18,21-23H,1,4-5,10-11,14-15H2,2H3. The molecule has 3 heteroatoms. The second-order valence-electron chi connectivity index (χ2n) is 8.67. The third-order valence-corrected chi connectivity index (χ3v) is 6.96. The molecule has 0 heterocycles. The SMILES string of the molecule is C=CC1CCC2CC(c3ccc(C#Cc4ccc(OC)cc4F)c(F)c3)CCC2C1.